The maximum atomic E-state index is 13.0. The van der Waals surface area contributed by atoms with Crippen LogP contribution in [-0.2, 0) is 0 Å². The maximum Gasteiger partial charge on any atom is 0.123 e. The summed E-state index contributed by atoms with van der Waals surface area (Å²) in [4.78, 5) is 0. The molecule has 1 rings (SSSR count). The highest BCUT2D eigenvalue weighted by atomic mass is 19.1. The van der Waals surface area contributed by atoms with Gasteiger partial charge in [-0.2, -0.15) is 0 Å². The molecule has 2 heteroatoms. The largest absolute Gasteiger partial charge is 0.382 e. The second-order valence-electron chi connectivity index (χ2n) is 6.10. The summed E-state index contributed by atoms with van der Waals surface area (Å²) in [6.45, 7) is 10.9. The van der Waals surface area contributed by atoms with E-state index in [1.54, 1.807) is 6.07 Å². The first-order chi connectivity index (χ1) is 7.78. The van der Waals surface area contributed by atoms with E-state index < -0.39 is 0 Å². The Bertz CT molecular complexity index is 366. The van der Waals surface area contributed by atoms with Gasteiger partial charge in [0.2, 0.25) is 0 Å². The van der Waals surface area contributed by atoms with Crippen molar-refractivity contribution in [2.45, 2.75) is 53.5 Å². The second kappa shape index (κ2) is 5.52. The maximum absolute atomic E-state index is 13.0. The van der Waals surface area contributed by atoms with Crippen LogP contribution in [0.25, 0.3) is 0 Å². The topological polar surface area (TPSA) is 12.0 Å². The van der Waals surface area contributed by atoms with Gasteiger partial charge in [-0.05, 0) is 55.9 Å². The van der Waals surface area contributed by atoms with Gasteiger partial charge in [0.15, 0.2) is 0 Å². The molecule has 0 saturated heterocycles. The third-order valence-corrected chi connectivity index (χ3v) is 2.92. The van der Waals surface area contributed by atoms with Crippen molar-refractivity contribution in [1.82, 2.24) is 0 Å². The zero-order valence-electron chi connectivity index (χ0n) is 11.6. The summed E-state index contributed by atoms with van der Waals surface area (Å²) >= 11 is 0. The summed E-state index contributed by atoms with van der Waals surface area (Å²) in [5.74, 6) is -0.171. The van der Waals surface area contributed by atoms with Crippen LogP contribution in [-0.4, -0.2) is 6.04 Å². The summed E-state index contributed by atoms with van der Waals surface area (Å²) in [6, 6.07) is 5.31. The monoisotopic (exact) mass is 237 g/mol. The SMILES string of the molecule is Cc1cc(F)ccc1NC(C)CCC(C)(C)C. The molecule has 1 aromatic rings. The van der Waals surface area contributed by atoms with E-state index in [1.165, 1.54) is 12.5 Å². The molecule has 0 heterocycles. The minimum atomic E-state index is -0.171. The normalized spacial score (nSPS) is 13.5. The fourth-order valence-corrected chi connectivity index (χ4v) is 1.78. The molecule has 0 saturated carbocycles. The van der Waals surface area contributed by atoms with E-state index in [2.05, 4.69) is 33.0 Å². The zero-order valence-corrected chi connectivity index (χ0v) is 11.6. The molecule has 0 aromatic heterocycles. The molecule has 0 aliphatic carbocycles. The third kappa shape index (κ3) is 5.20. The highest BCUT2D eigenvalue weighted by molar-refractivity contribution is 5.51. The quantitative estimate of drug-likeness (QED) is 0.796. The van der Waals surface area contributed by atoms with E-state index in [4.69, 9.17) is 0 Å². The molecular formula is C15H24FN. The molecular weight excluding hydrogens is 213 g/mol. The minimum absolute atomic E-state index is 0.171. The van der Waals surface area contributed by atoms with Crippen molar-refractivity contribution in [3.63, 3.8) is 0 Å². The van der Waals surface area contributed by atoms with Gasteiger partial charge in [-0.1, -0.05) is 20.8 Å². The van der Waals surface area contributed by atoms with E-state index in [0.29, 0.717) is 11.5 Å². The van der Waals surface area contributed by atoms with Gasteiger partial charge in [0.1, 0.15) is 5.82 Å². The minimum Gasteiger partial charge on any atom is -0.382 e. The molecule has 0 fully saturated rings. The third-order valence-electron chi connectivity index (χ3n) is 2.92. The van der Waals surface area contributed by atoms with Crippen LogP contribution in [0.5, 0.6) is 0 Å². The summed E-state index contributed by atoms with van der Waals surface area (Å²) in [6.07, 6.45) is 2.31. The van der Waals surface area contributed by atoms with Crippen LogP contribution in [0.4, 0.5) is 10.1 Å². The zero-order chi connectivity index (χ0) is 13.1. The Hall–Kier alpha value is -1.05. The predicted molar refractivity (Wildman–Crippen MR) is 72.9 cm³/mol. The molecule has 1 aromatic carbocycles. The van der Waals surface area contributed by atoms with Crippen LogP contribution in [0.2, 0.25) is 0 Å². The Labute approximate surface area is 104 Å². The Morgan fingerprint density at radius 2 is 1.94 bits per heavy atom. The van der Waals surface area contributed by atoms with Crippen molar-refractivity contribution in [1.29, 1.82) is 0 Å². The van der Waals surface area contributed by atoms with E-state index in [0.717, 1.165) is 17.7 Å². The summed E-state index contributed by atoms with van der Waals surface area (Å²) in [7, 11) is 0. The molecule has 0 amide bonds. The predicted octanol–water partition coefficient (Wildman–Crippen LogP) is 4.76. The van der Waals surface area contributed by atoms with Gasteiger partial charge in [-0.15, -0.1) is 0 Å². The Morgan fingerprint density at radius 1 is 1.29 bits per heavy atom. The van der Waals surface area contributed by atoms with Crippen LogP contribution in [0.3, 0.4) is 0 Å². The molecule has 0 bridgehead atoms. The highest BCUT2D eigenvalue weighted by Crippen LogP contribution is 2.23. The number of anilines is 1. The first-order valence-electron chi connectivity index (χ1n) is 6.30. The lowest BCUT2D eigenvalue weighted by Crippen LogP contribution is -2.18. The van der Waals surface area contributed by atoms with E-state index in [1.807, 2.05) is 13.0 Å². The molecule has 1 N–H and O–H groups in total. The van der Waals surface area contributed by atoms with Gasteiger partial charge < -0.3 is 5.32 Å². The fraction of sp³-hybridized carbons (Fsp3) is 0.600. The summed E-state index contributed by atoms with van der Waals surface area (Å²) < 4.78 is 13.0. The Morgan fingerprint density at radius 3 is 2.47 bits per heavy atom. The molecule has 0 spiro atoms. The number of rotatable bonds is 4. The van der Waals surface area contributed by atoms with Crippen LogP contribution in [0, 0.1) is 18.2 Å². The fourth-order valence-electron chi connectivity index (χ4n) is 1.78. The van der Waals surface area contributed by atoms with Crippen molar-refractivity contribution in [2.75, 3.05) is 5.32 Å². The first-order valence-corrected chi connectivity index (χ1v) is 6.30. The van der Waals surface area contributed by atoms with Gasteiger partial charge in [0, 0.05) is 11.7 Å². The lowest BCUT2D eigenvalue weighted by molar-refractivity contribution is 0.357. The van der Waals surface area contributed by atoms with Crippen molar-refractivity contribution in [2.24, 2.45) is 5.41 Å². The van der Waals surface area contributed by atoms with Gasteiger partial charge in [0.05, 0.1) is 0 Å². The average Bonchev–Trinajstić information content (AvgIpc) is 2.18. The van der Waals surface area contributed by atoms with E-state index >= 15 is 0 Å². The highest BCUT2D eigenvalue weighted by Gasteiger charge is 2.12. The number of hydrogen-bond acceptors (Lipinski definition) is 1. The molecule has 96 valence electrons. The van der Waals surface area contributed by atoms with Gasteiger partial charge in [-0.25, -0.2) is 4.39 Å². The van der Waals surface area contributed by atoms with Crippen molar-refractivity contribution >= 4 is 5.69 Å². The van der Waals surface area contributed by atoms with Crippen LogP contribution < -0.4 is 5.32 Å². The molecule has 1 nitrogen and oxygen atoms in total. The molecule has 1 atom stereocenters. The lowest BCUT2D eigenvalue weighted by atomic mass is 9.89. The van der Waals surface area contributed by atoms with Gasteiger partial charge in [0.25, 0.3) is 0 Å². The van der Waals surface area contributed by atoms with E-state index in [-0.39, 0.29) is 5.82 Å². The van der Waals surface area contributed by atoms with Crippen LogP contribution >= 0.6 is 0 Å². The van der Waals surface area contributed by atoms with Gasteiger partial charge in [-0.3, -0.25) is 0 Å². The Balaban J connectivity index is 2.53. The van der Waals surface area contributed by atoms with Crippen LogP contribution in [0.15, 0.2) is 18.2 Å². The number of benzene rings is 1. The second-order valence-corrected chi connectivity index (χ2v) is 6.10. The van der Waals surface area contributed by atoms with E-state index in [9.17, 15) is 4.39 Å². The molecule has 17 heavy (non-hydrogen) atoms. The summed E-state index contributed by atoms with van der Waals surface area (Å²) in [5, 5.41) is 3.44. The molecule has 0 aliphatic heterocycles. The van der Waals surface area contributed by atoms with Crippen molar-refractivity contribution in [3.8, 4) is 0 Å². The van der Waals surface area contributed by atoms with Crippen molar-refractivity contribution in [3.05, 3.63) is 29.6 Å². The number of hydrogen-bond donors (Lipinski definition) is 1. The average molecular weight is 237 g/mol. The van der Waals surface area contributed by atoms with Gasteiger partial charge >= 0.3 is 0 Å². The number of nitrogens with one attached hydrogen (secondary N) is 1. The standard InChI is InChI=1S/C15H24FN/c1-11-10-13(16)6-7-14(11)17-12(2)8-9-15(3,4)5/h6-7,10,12,17H,8-9H2,1-5H3. The molecule has 0 aliphatic rings. The van der Waals surface area contributed by atoms with Crippen LogP contribution in [0.1, 0.15) is 46.1 Å². The number of halogens is 1. The first kappa shape index (κ1) is 14.0. The van der Waals surface area contributed by atoms with Crippen molar-refractivity contribution < 1.29 is 4.39 Å². The molecule has 1 unspecified atom stereocenters. The molecule has 0 radical (unpaired) electrons. The lowest BCUT2D eigenvalue weighted by Gasteiger charge is -2.22. The Kier molecular flexibility index (Phi) is 4.55. The smallest absolute Gasteiger partial charge is 0.123 e. The summed E-state index contributed by atoms with van der Waals surface area (Å²) in [5.41, 5.74) is 2.37. The number of aryl methyl sites for hydroxylation is 1.